The third kappa shape index (κ3) is 2.95. The number of ether oxygens (including phenoxy) is 1. The Labute approximate surface area is 101 Å². The van der Waals surface area contributed by atoms with E-state index in [1.165, 1.54) is 0 Å². The van der Waals surface area contributed by atoms with Crippen molar-refractivity contribution in [3.8, 4) is 0 Å². The fourth-order valence-corrected chi connectivity index (χ4v) is 1.86. The summed E-state index contributed by atoms with van der Waals surface area (Å²) in [6.45, 7) is 6.96. The van der Waals surface area contributed by atoms with Crippen molar-refractivity contribution in [2.24, 2.45) is 0 Å². The zero-order chi connectivity index (χ0) is 12.5. The van der Waals surface area contributed by atoms with Crippen LogP contribution in [0.3, 0.4) is 0 Å². The highest BCUT2D eigenvalue weighted by Gasteiger charge is 2.30. The van der Waals surface area contributed by atoms with Crippen molar-refractivity contribution >= 4 is 6.09 Å². The predicted molar refractivity (Wildman–Crippen MR) is 61.5 cm³/mol. The fourth-order valence-electron chi connectivity index (χ4n) is 1.86. The van der Waals surface area contributed by atoms with E-state index < -0.39 is 5.60 Å². The largest absolute Gasteiger partial charge is 0.444 e. The maximum absolute atomic E-state index is 11.8. The Balaban J connectivity index is 1.92. The average molecular weight is 238 g/mol. The summed E-state index contributed by atoms with van der Waals surface area (Å²) in [5.41, 5.74) is -0.442. The summed E-state index contributed by atoms with van der Waals surface area (Å²) < 4.78 is 7.13. The molecule has 0 aliphatic carbocycles. The van der Waals surface area contributed by atoms with Crippen molar-refractivity contribution < 1.29 is 9.53 Å². The molecule has 1 aromatic rings. The maximum Gasteiger partial charge on any atom is 0.410 e. The quantitative estimate of drug-likeness (QED) is 0.743. The van der Waals surface area contributed by atoms with Crippen LogP contribution in [0.15, 0.2) is 12.4 Å². The molecule has 17 heavy (non-hydrogen) atoms. The topological polar surface area (TPSA) is 60.2 Å². The molecule has 6 heteroatoms. The van der Waals surface area contributed by atoms with Gasteiger partial charge in [0.2, 0.25) is 0 Å². The number of carbonyl (C=O) groups excluding carboxylic acids is 1. The molecule has 1 atom stereocenters. The van der Waals surface area contributed by atoms with E-state index in [4.69, 9.17) is 4.74 Å². The number of amides is 1. The van der Waals surface area contributed by atoms with Gasteiger partial charge in [0.1, 0.15) is 5.60 Å². The van der Waals surface area contributed by atoms with Crippen LogP contribution >= 0.6 is 0 Å². The number of likely N-dealkylation sites (tertiary alicyclic amines) is 1. The summed E-state index contributed by atoms with van der Waals surface area (Å²) >= 11 is 0. The second-order valence-electron chi connectivity index (χ2n) is 5.25. The van der Waals surface area contributed by atoms with Crippen molar-refractivity contribution in [1.82, 2.24) is 19.9 Å². The molecule has 0 bridgehead atoms. The summed E-state index contributed by atoms with van der Waals surface area (Å²) in [6, 6.07) is 0.213. The molecule has 0 unspecified atom stereocenters. The molecule has 1 aromatic heterocycles. The first-order valence-corrected chi connectivity index (χ1v) is 5.79. The molecular formula is C11H18N4O2. The summed E-state index contributed by atoms with van der Waals surface area (Å²) in [5, 5.41) is 7.73. The van der Waals surface area contributed by atoms with Gasteiger partial charge in [0.15, 0.2) is 0 Å². The highest BCUT2D eigenvalue weighted by atomic mass is 16.6. The SMILES string of the molecule is CC(C)(C)OC(=O)N1CC[C@H](n2ccnn2)C1. The summed E-state index contributed by atoms with van der Waals surface area (Å²) in [5.74, 6) is 0. The molecule has 1 aliphatic rings. The maximum atomic E-state index is 11.8. The van der Waals surface area contributed by atoms with Crippen LogP contribution in [0.5, 0.6) is 0 Å². The standard InChI is InChI=1S/C11H18N4O2/c1-11(2,3)17-10(16)14-6-4-9(8-14)15-7-5-12-13-15/h5,7,9H,4,6,8H2,1-3H3/t9-/m0/s1. The second kappa shape index (κ2) is 4.35. The Kier molecular flexibility index (Phi) is 3.04. The van der Waals surface area contributed by atoms with Crippen LogP contribution in [0.1, 0.15) is 33.2 Å². The average Bonchev–Trinajstić information content (AvgIpc) is 2.86. The van der Waals surface area contributed by atoms with Crippen molar-refractivity contribution in [3.63, 3.8) is 0 Å². The van der Waals surface area contributed by atoms with Crippen LogP contribution in [0, 0.1) is 0 Å². The Morgan fingerprint density at radius 1 is 1.47 bits per heavy atom. The molecule has 2 heterocycles. The third-order valence-corrected chi connectivity index (χ3v) is 2.63. The number of rotatable bonds is 1. The van der Waals surface area contributed by atoms with Crippen molar-refractivity contribution in [1.29, 1.82) is 0 Å². The Morgan fingerprint density at radius 2 is 2.24 bits per heavy atom. The first-order chi connectivity index (χ1) is 7.96. The minimum absolute atomic E-state index is 0.213. The minimum atomic E-state index is -0.442. The molecule has 0 aromatic carbocycles. The lowest BCUT2D eigenvalue weighted by molar-refractivity contribution is 0.0288. The molecule has 0 radical (unpaired) electrons. The van der Waals surface area contributed by atoms with E-state index in [1.807, 2.05) is 27.0 Å². The van der Waals surface area contributed by atoms with Crippen molar-refractivity contribution in [3.05, 3.63) is 12.4 Å². The molecule has 1 fully saturated rings. The molecular weight excluding hydrogens is 220 g/mol. The van der Waals surface area contributed by atoms with E-state index >= 15 is 0 Å². The Bertz CT molecular complexity index is 383. The van der Waals surface area contributed by atoms with Gasteiger partial charge in [-0.25, -0.2) is 9.48 Å². The number of nitrogens with zero attached hydrogens (tertiary/aromatic N) is 4. The van der Waals surface area contributed by atoms with Crippen LogP contribution in [0.2, 0.25) is 0 Å². The van der Waals surface area contributed by atoms with Gasteiger partial charge in [-0.15, -0.1) is 5.10 Å². The molecule has 2 rings (SSSR count). The monoisotopic (exact) mass is 238 g/mol. The van der Waals surface area contributed by atoms with Gasteiger partial charge in [-0.05, 0) is 27.2 Å². The normalized spacial score (nSPS) is 20.6. The summed E-state index contributed by atoms with van der Waals surface area (Å²) in [6.07, 6.45) is 4.11. The van der Waals surface area contributed by atoms with Gasteiger partial charge in [0.05, 0.1) is 12.2 Å². The number of aromatic nitrogens is 3. The van der Waals surface area contributed by atoms with Gasteiger partial charge in [-0.3, -0.25) is 0 Å². The molecule has 94 valence electrons. The van der Waals surface area contributed by atoms with Crippen LogP contribution in [-0.4, -0.2) is 44.7 Å². The summed E-state index contributed by atoms with van der Waals surface area (Å²) in [7, 11) is 0. The molecule has 0 spiro atoms. The van der Waals surface area contributed by atoms with E-state index in [2.05, 4.69) is 10.3 Å². The predicted octanol–water partition coefficient (Wildman–Crippen LogP) is 1.46. The van der Waals surface area contributed by atoms with E-state index in [0.717, 1.165) is 6.42 Å². The van der Waals surface area contributed by atoms with E-state index in [-0.39, 0.29) is 12.1 Å². The second-order valence-corrected chi connectivity index (χ2v) is 5.25. The van der Waals surface area contributed by atoms with Crippen molar-refractivity contribution in [2.75, 3.05) is 13.1 Å². The highest BCUT2D eigenvalue weighted by molar-refractivity contribution is 5.68. The highest BCUT2D eigenvalue weighted by Crippen LogP contribution is 2.22. The lowest BCUT2D eigenvalue weighted by atomic mass is 10.2. The third-order valence-electron chi connectivity index (χ3n) is 2.63. The van der Waals surface area contributed by atoms with Gasteiger partial charge in [0.25, 0.3) is 0 Å². The number of hydrogen-bond acceptors (Lipinski definition) is 4. The number of carbonyl (C=O) groups is 1. The molecule has 1 saturated heterocycles. The lowest BCUT2D eigenvalue weighted by Crippen LogP contribution is -2.35. The first-order valence-electron chi connectivity index (χ1n) is 5.79. The van der Waals surface area contributed by atoms with Crippen LogP contribution in [0.4, 0.5) is 4.79 Å². The lowest BCUT2D eigenvalue weighted by Gasteiger charge is -2.24. The van der Waals surface area contributed by atoms with E-state index in [9.17, 15) is 4.79 Å². The van der Waals surface area contributed by atoms with Crippen LogP contribution < -0.4 is 0 Å². The molecule has 1 aliphatic heterocycles. The minimum Gasteiger partial charge on any atom is -0.444 e. The zero-order valence-corrected chi connectivity index (χ0v) is 10.5. The van der Waals surface area contributed by atoms with Gasteiger partial charge < -0.3 is 9.64 Å². The smallest absolute Gasteiger partial charge is 0.410 e. The number of hydrogen-bond donors (Lipinski definition) is 0. The molecule has 1 amide bonds. The van der Waals surface area contributed by atoms with Gasteiger partial charge >= 0.3 is 6.09 Å². The van der Waals surface area contributed by atoms with Crippen LogP contribution in [0.25, 0.3) is 0 Å². The van der Waals surface area contributed by atoms with Gasteiger partial charge in [0, 0.05) is 19.3 Å². The Hall–Kier alpha value is -1.59. The van der Waals surface area contributed by atoms with Crippen LogP contribution in [-0.2, 0) is 4.74 Å². The van der Waals surface area contributed by atoms with E-state index in [1.54, 1.807) is 15.8 Å². The van der Waals surface area contributed by atoms with Gasteiger partial charge in [-0.2, -0.15) is 0 Å². The van der Waals surface area contributed by atoms with Crippen molar-refractivity contribution in [2.45, 2.75) is 38.8 Å². The van der Waals surface area contributed by atoms with Gasteiger partial charge in [-0.1, -0.05) is 5.21 Å². The Morgan fingerprint density at radius 3 is 2.82 bits per heavy atom. The van der Waals surface area contributed by atoms with E-state index in [0.29, 0.717) is 13.1 Å². The first kappa shape index (κ1) is 11.9. The molecule has 0 N–H and O–H groups in total. The molecule has 6 nitrogen and oxygen atoms in total. The fraction of sp³-hybridized carbons (Fsp3) is 0.727. The zero-order valence-electron chi connectivity index (χ0n) is 10.5. The molecule has 0 saturated carbocycles. The summed E-state index contributed by atoms with van der Waals surface area (Å²) in [4.78, 5) is 13.6.